The van der Waals surface area contributed by atoms with Crippen LogP contribution in [0, 0.1) is 0 Å². The number of likely N-dealkylation sites (tertiary alicyclic amines) is 2. The van der Waals surface area contributed by atoms with Crippen molar-refractivity contribution in [3.8, 4) is 0 Å². The standard InChI is InChI=1S/C29H33Cl2N3O3/c30-24-7-5-20(17-25(24)31)6-8-28(36)34-15-11-29(37,12-16-34)27(35)19-33-13-9-21(10-14-33)23-18-32-26-4-2-1-3-22(23)26/h1-8,17-18,21,27,32,35,37H,9-16,19H2/b8-6+. The molecule has 5 rings (SSSR count). The third-order valence-corrected chi connectivity index (χ3v) is 8.74. The molecule has 2 aliphatic heterocycles. The van der Waals surface area contributed by atoms with Crippen molar-refractivity contribution in [1.82, 2.24) is 14.8 Å². The van der Waals surface area contributed by atoms with Crippen LogP contribution >= 0.6 is 23.2 Å². The molecule has 2 aliphatic rings. The summed E-state index contributed by atoms with van der Waals surface area (Å²) in [6.07, 6.45) is 7.27. The average Bonchev–Trinajstić information content (AvgIpc) is 3.34. The van der Waals surface area contributed by atoms with Gasteiger partial charge in [-0.15, -0.1) is 0 Å². The fraction of sp³-hybridized carbons (Fsp3) is 0.414. The van der Waals surface area contributed by atoms with Gasteiger partial charge in [-0.2, -0.15) is 0 Å². The van der Waals surface area contributed by atoms with Gasteiger partial charge in [0.25, 0.3) is 0 Å². The number of hydrogen-bond donors (Lipinski definition) is 3. The molecule has 2 aromatic carbocycles. The summed E-state index contributed by atoms with van der Waals surface area (Å²) in [6.45, 7) is 3.03. The molecule has 1 amide bonds. The van der Waals surface area contributed by atoms with Crippen LogP contribution in [0.4, 0.5) is 0 Å². The van der Waals surface area contributed by atoms with E-state index in [1.54, 1.807) is 29.2 Å². The van der Waals surface area contributed by atoms with Crippen LogP contribution in [0.1, 0.15) is 42.7 Å². The number of aromatic amines is 1. The lowest BCUT2D eigenvalue weighted by Crippen LogP contribution is -2.56. The summed E-state index contributed by atoms with van der Waals surface area (Å²) in [7, 11) is 0. The predicted octanol–water partition coefficient (Wildman–Crippen LogP) is 5.08. The number of amides is 1. The predicted molar refractivity (Wildman–Crippen MR) is 149 cm³/mol. The number of nitrogens with zero attached hydrogens (tertiary/aromatic N) is 2. The second-order valence-corrected chi connectivity index (χ2v) is 11.1. The lowest BCUT2D eigenvalue weighted by atomic mass is 9.84. The molecule has 1 aromatic heterocycles. The minimum absolute atomic E-state index is 0.123. The molecule has 0 saturated carbocycles. The topological polar surface area (TPSA) is 79.8 Å². The molecule has 2 saturated heterocycles. The van der Waals surface area contributed by atoms with Crippen LogP contribution in [0.5, 0.6) is 0 Å². The SMILES string of the molecule is O=C(/C=C/c1ccc(Cl)c(Cl)c1)N1CCC(O)(C(O)CN2CCC(c3c[nH]c4ccccc34)CC2)CC1. The maximum absolute atomic E-state index is 12.7. The number of aliphatic hydroxyl groups is 2. The summed E-state index contributed by atoms with van der Waals surface area (Å²) >= 11 is 12.0. The molecular weight excluding hydrogens is 509 g/mol. The van der Waals surface area contributed by atoms with Gasteiger partial charge in [-0.05, 0) is 80.1 Å². The first-order chi connectivity index (χ1) is 17.8. The van der Waals surface area contributed by atoms with E-state index in [1.165, 1.54) is 22.5 Å². The molecule has 37 heavy (non-hydrogen) atoms. The molecule has 2 fully saturated rings. The summed E-state index contributed by atoms with van der Waals surface area (Å²) in [5.74, 6) is 0.376. The van der Waals surface area contributed by atoms with E-state index >= 15 is 0 Å². The molecule has 0 radical (unpaired) electrons. The van der Waals surface area contributed by atoms with Crippen LogP contribution in [0.25, 0.3) is 17.0 Å². The smallest absolute Gasteiger partial charge is 0.246 e. The number of aliphatic hydroxyl groups excluding tert-OH is 1. The minimum atomic E-state index is -1.18. The largest absolute Gasteiger partial charge is 0.389 e. The second-order valence-electron chi connectivity index (χ2n) is 10.3. The van der Waals surface area contributed by atoms with E-state index in [2.05, 4.69) is 34.3 Å². The Morgan fingerprint density at radius 3 is 2.54 bits per heavy atom. The molecular formula is C29H33Cl2N3O3. The van der Waals surface area contributed by atoms with Gasteiger partial charge < -0.3 is 25.0 Å². The average molecular weight is 543 g/mol. The molecule has 196 valence electrons. The molecule has 8 heteroatoms. The van der Waals surface area contributed by atoms with Crippen molar-refractivity contribution in [3.05, 3.63) is 75.9 Å². The Morgan fingerprint density at radius 1 is 1.08 bits per heavy atom. The van der Waals surface area contributed by atoms with E-state index in [0.29, 0.717) is 48.4 Å². The maximum atomic E-state index is 12.7. The Hall–Kier alpha value is -2.35. The Bertz CT molecular complexity index is 1270. The summed E-state index contributed by atoms with van der Waals surface area (Å²) in [5, 5.41) is 24.4. The van der Waals surface area contributed by atoms with Gasteiger partial charge in [-0.3, -0.25) is 4.79 Å². The first-order valence-corrected chi connectivity index (χ1v) is 13.7. The number of nitrogens with one attached hydrogen (secondary N) is 1. The van der Waals surface area contributed by atoms with Gasteiger partial charge in [0.2, 0.25) is 5.91 Å². The molecule has 3 aromatic rings. The van der Waals surface area contributed by atoms with Crippen molar-refractivity contribution in [2.45, 2.75) is 43.3 Å². The van der Waals surface area contributed by atoms with Crippen LogP contribution in [0.3, 0.4) is 0 Å². The maximum Gasteiger partial charge on any atom is 0.246 e. The number of fused-ring (bicyclic) bond motifs is 1. The molecule has 0 aliphatic carbocycles. The van der Waals surface area contributed by atoms with Crippen molar-refractivity contribution in [3.63, 3.8) is 0 Å². The van der Waals surface area contributed by atoms with Crippen LogP contribution in [-0.4, -0.2) is 75.3 Å². The van der Waals surface area contributed by atoms with E-state index < -0.39 is 11.7 Å². The normalized spacial score (nSPS) is 20.1. The number of β-amino-alcohol motifs (C(OH)–C–C–N with tert-alkyl or cyclic N) is 1. The molecule has 0 bridgehead atoms. The third-order valence-electron chi connectivity index (χ3n) is 8.00. The highest BCUT2D eigenvalue weighted by molar-refractivity contribution is 6.42. The van der Waals surface area contributed by atoms with Crippen molar-refractivity contribution >= 4 is 46.1 Å². The summed E-state index contributed by atoms with van der Waals surface area (Å²) in [4.78, 5) is 20.0. The van der Waals surface area contributed by atoms with Crippen LogP contribution < -0.4 is 0 Å². The molecule has 3 N–H and O–H groups in total. The number of aromatic nitrogens is 1. The number of carbonyl (C=O) groups is 1. The number of hydrogen-bond acceptors (Lipinski definition) is 4. The van der Waals surface area contributed by atoms with Gasteiger partial charge in [0, 0.05) is 42.8 Å². The summed E-state index contributed by atoms with van der Waals surface area (Å²) in [5.41, 5.74) is 2.16. The monoisotopic (exact) mass is 541 g/mol. The molecule has 0 spiro atoms. The third kappa shape index (κ3) is 5.89. The first-order valence-electron chi connectivity index (χ1n) is 12.9. The highest BCUT2D eigenvalue weighted by Gasteiger charge is 2.40. The van der Waals surface area contributed by atoms with E-state index in [0.717, 1.165) is 31.5 Å². The lowest BCUT2D eigenvalue weighted by Gasteiger charge is -2.43. The Kier molecular flexibility index (Phi) is 7.93. The van der Waals surface area contributed by atoms with Crippen LogP contribution in [0.2, 0.25) is 10.0 Å². The Morgan fingerprint density at radius 2 is 1.81 bits per heavy atom. The summed E-state index contributed by atoms with van der Waals surface area (Å²) < 4.78 is 0. The Balaban J connectivity index is 1.10. The number of benzene rings is 2. The van der Waals surface area contributed by atoms with Crippen molar-refractivity contribution in [1.29, 1.82) is 0 Å². The van der Waals surface area contributed by atoms with Gasteiger partial charge in [-0.1, -0.05) is 47.5 Å². The number of H-pyrrole nitrogens is 1. The number of piperidine rings is 2. The van der Waals surface area contributed by atoms with Crippen LogP contribution in [0.15, 0.2) is 54.7 Å². The molecule has 1 atom stereocenters. The van der Waals surface area contributed by atoms with Gasteiger partial charge in [0.05, 0.1) is 21.8 Å². The highest BCUT2D eigenvalue weighted by Crippen LogP contribution is 2.34. The van der Waals surface area contributed by atoms with E-state index in [4.69, 9.17) is 23.2 Å². The fourth-order valence-corrected chi connectivity index (χ4v) is 5.92. The Labute approximate surface area is 227 Å². The van der Waals surface area contributed by atoms with Crippen molar-refractivity contribution in [2.24, 2.45) is 0 Å². The number of halogens is 2. The zero-order valence-electron chi connectivity index (χ0n) is 20.7. The second kappa shape index (κ2) is 11.2. The van der Waals surface area contributed by atoms with Crippen molar-refractivity contribution in [2.75, 3.05) is 32.7 Å². The summed E-state index contributed by atoms with van der Waals surface area (Å²) in [6, 6.07) is 13.6. The van der Waals surface area contributed by atoms with Crippen molar-refractivity contribution < 1.29 is 15.0 Å². The van der Waals surface area contributed by atoms with Gasteiger partial charge in [0.1, 0.15) is 0 Å². The van der Waals surface area contributed by atoms with Crippen LogP contribution in [-0.2, 0) is 4.79 Å². The zero-order chi connectivity index (χ0) is 26.0. The first kappa shape index (κ1) is 26.3. The minimum Gasteiger partial charge on any atom is -0.389 e. The zero-order valence-corrected chi connectivity index (χ0v) is 22.3. The highest BCUT2D eigenvalue weighted by atomic mass is 35.5. The molecule has 3 heterocycles. The molecule has 6 nitrogen and oxygen atoms in total. The lowest BCUT2D eigenvalue weighted by molar-refractivity contribution is -0.140. The molecule has 1 unspecified atom stereocenters. The fourth-order valence-electron chi connectivity index (χ4n) is 5.61. The van der Waals surface area contributed by atoms with E-state index in [1.807, 2.05) is 6.07 Å². The van der Waals surface area contributed by atoms with Gasteiger partial charge in [-0.25, -0.2) is 0 Å². The van der Waals surface area contributed by atoms with Gasteiger partial charge in [0.15, 0.2) is 0 Å². The number of para-hydroxylation sites is 1. The van der Waals surface area contributed by atoms with E-state index in [-0.39, 0.29) is 5.91 Å². The van der Waals surface area contributed by atoms with E-state index in [9.17, 15) is 15.0 Å². The van der Waals surface area contributed by atoms with Gasteiger partial charge >= 0.3 is 0 Å². The number of carbonyl (C=O) groups excluding carboxylic acids is 1. The number of rotatable bonds is 6. The quantitative estimate of drug-likeness (QED) is 0.380.